The van der Waals surface area contributed by atoms with E-state index in [-0.39, 0.29) is 28.4 Å². The second kappa shape index (κ2) is 11.9. The second-order valence-electron chi connectivity index (χ2n) is 22.8. The average molecular weight is 806 g/mol. The van der Waals surface area contributed by atoms with E-state index in [0.29, 0.717) is 0 Å². The SMILES string of the molecule is CC(C)(C)c1ccc2c(c1)c1cc(C(C)(C)C)cc3c1n2-c1cc(-n2c4ccccc4c4ccccc42)cc2c1B3c1cc(C(C)(C)C)cc3c4cc(C(C)(C)C)ccc4n-2c13. The molecule has 0 radical (unpaired) electrons. The van der Waals surface area contributed by atoms with Crippen LogP contribution >= 0.6 is 0 Å². The monoisotopic (exact) mass is 805 g/mol. The maximum Gasteiger partial charge on any atom is 0.252 e. The number of hydrogen-bond acceptors (Lipinski definition) is 0. The van der Waals surface area contributed by atoms with E-state index in [1.165, 1.54) is 121 Å². The molecule has 0 N–H and O–H groups in total. The van der Waals surface area contributed by atoms with Crippen LogP contribution in [0.1, 0.15) is 105 Å². The molecule has 5 heterocycles. The van der Waals surface area contributed by atoms with Crippen LogP contribution in [0.15, 0.2) is 121 Å². The van der Waals surface area contributed by atoms with E-state index in [0.717, 1.165) is 0 Å². The topological polar surface area (TPSA) is 14.8 Å². The number of aromatic nitrogens is 3. The van der Waals surface area contributed by atoms with Crippen molar-refractivity contribution in [2.24, 2.45) is 0 Å². The lowest BCUT2D eigenvalue weighted by atomic mass is 9.34. The van der Waals surface area contributed by atoms with Crippen molar-refractivity contribution < 1.29 is 0 Å². The van der Waals surface area contributed by atoms with Crippen molar-refractivity contribution in [1.29, 1.82) is 0 Å². The molecule has 0 unspecified atom stereocenters. The van der Waals surface area contributed by atoms with Crippen molar-refractivity contribution >= 4 is 88.5 Å². The van der Waals surface area contributed by atoms with E-state index in [1.807, 2.05) is 0 Å². The Hall–Kier alpha value is -6.00. The Bertz CT molecular complexity index is 3380. The third-order valence-electron chi connectivity index (χ3n) is 14.6. The molecule has 2 aliphatic heterocycles. The van der Waals surface area contributed by atoms with Crippen LogP contribution < -0.4 is 16.4 Å². The molecule has 2 aliphatic rings. The number of rotatable bonds is 1. The molecule has 0 atom stereocenters. The average Bonchev–Trinajstić information content (AvgIpc) is 3.85. The highest BCUT2D eigenvalue weighted by atomic mass is 15.1. The summed E-state index contributed by atoms with van der Waals surface area (Å²) < 4.78 is 7.84. The van der Waals surface area contributed by atoms with Gasteiger partial charge in [0.1, 0.15) is 0 Å². The summed E-state index contributed by atoms with van der Waals surface area (Å²) in [4.78, 5) is 0. The maximum atomic E-state index is 2.66. The molecule has 0 amide bonds. The fraction of sp³-hybridized carbons (Fsp3) is 0.276. The van der Waals surface area contributed by atoms with E-state index >= 15 is 0 Å². The van der Waals surface area contributed by atoms with Gasteiger partial charge in [-0.15, -0.1) is 0 Å². The third-order valence-corrected chi connectivity index (χ3v) is 14.6. The smallest absolute Gasteiger partial charge is 0.252 e. The molecule has 12 rings (SSSR count). The van der Waals surface area contributed by atoms with Crippen molar-refractivity contribution in [2.75, 3.05) is 0 Å². The third kappa shape index (κ3) is 5.01. The highest BCUT2D eigenvalue weighted by Crippen LogP contribution is 2.44. The summed E-state index contributed by atoms with van der Waals surface area (Å²) in [7, 11) is 0. The molecule has 7 aromatic carbocycles. The fourth-order valence-corrected chi connectivity index (χ4v) is 11.2. The largest absolute Gasteiger partial charge is 0.310 e. The van der Waals surface area contributed by atoms with E-state index in [9.17, 15) is 0 Å². The molecule has 0 aliphatic carbocycles. The molecule has 0 fully saturated rings. The van der Waals surface area contributed by atoms with Gasteiger partial charge in [0, 0.05) is 54.7 Å². The zero-order valence-electron chi connectivity index (χ0n) is 38.5. The van der Waals surface area contributed by atoms with Crippen LogP contribution in [-0.2, 0) is 21.7 Å². The van der Waals surface area contributed by atoms with Crippen LogP contribution in [0.4, 0.5) is 0 Å². The summed E-state index contributed by atoms with van der Waals surface area (Å²) in [6, 6.07) is 47.8. The molecule has 0 saturated carbocycles. The first-order chi connectivity index (χ1) is 29.3. The lowest BCUT2D eigenvalue weighted by molar-refractivity contribution is 0.590. The van der Waals surface area contributed by atoms with E-state index in [2.05, 4.69) is 218 Å². The molecule has 0 bridgehead atoms. The molecule has 3 nitrogen and oxygen atoms in total. The standard InChI is InChI=1S/C58H56BN3/c1-55(2,3)33-21-23-48-40(25-33)42-27-35(57(7,8)9)29-44-53(42)61(48)50-31-37(60-46-19-15-13-17-38(46)39-18-14-16-20-47(39)60)32-51-52(50)59(44)45-30-36(58(10,11)12)28-43-41-26-34(56(4,5)6)22-24-49(41)62(51)54(43)45/h13-32H,1-12H3. The maximum absolute atomic E-state index is 2.66. The lowest BCUT2D eigenvalue weighted by Gasteiger charge is -2.36. The summed E-state index contributed by atoms with van der Waals surface area (Å²) >= 11 is 0. The number of hydrogen-bond donors (Lipinski definition) is 0. The van der Waals surface area contributed by atoms with Gasteiger partial charge in [-0.25, -0.2) is 0 Å². The second-order valence-corrected chi connectivity index (χ2v) is 22.8. The highest BCUT2D eigenvalue weighted by molar-refractivity contribution is 7.00. The van der Waals surface area contributed by atoms with E-state index < -0.39 is 0 Å². The summed E-state index contributed by atoms with van der Waals surface area (Å²) in [6.45, 7) is 28.4. The Kier molecular flexibility index (Phi) is 7.26. The van der Waals surface area contributed by atoms with Gasteiger partial charge in [-0.2, -0.15) is 0 Å². The van der Waals surface area contributed by atoms with Gasteiger partial charge in [-0.1, -0.05) is 144 Å². The summed E-state index contributed by atoms with van der Waals surface area (Å²) in [5, 5.41) is 7.93. The lowest BCUT2D eigenvalue weighted by Crippen LogP contribution is -2.59. The minimum absolute atomic E-state index is 0.0178. The molecule has 3 aromatic heterocycles. The normalized spacial score (nSPS) is 14.1. The summed E-state index contributed by atoms with van der Waals surface area (Å²) in [6.07, 6.45) is 0. The van der Waals surface area contributed by atoms with Crippen LogP contribution in [0, 0.1) is 0 Å². The molecule has 4 heteroatoms. The fourth-order valence-electron chi connectivity index (χ4n) is 11.2. The summed E-state index contributed by atoms with van der Waals surface area (Å²) in [5.74, 6) is 0. The number of para-hydroxylation sites is 2. The van der Waals surface area contributed by atoms with Crippen LogP contribution in [0.25, 0.3) is 82.5 Å². The Morgan fingerprint density at radius 1 is 0.339 bits per heavy atom. The van der Waals surface area contributed by atoms with E-state index in [1.54, 1.807) is 0 Å². The molecule has 0 spiro atoms. The van der Waals surface area contributed by atoms with Crippen LogP contribution in [0.5, 0.6) is 0 Å². The van der Waals surface area contributed by atoms with Gasteiger partial charge in [-0.05, 0) is 121 Å². The van der Waals surface area contributed by atoms with Crippen molar-refractivity contribution in [3.63, 3.8) is 0 Å². The van der Waals surface area contributed by atoms with Gasteiger partial charge in [0.05, 0.1) is 27.8 Å². The molecular weight excluding hydrogens is 749 g/mol. The van der Waals surface area contributed by atoms with Crippen LogP contribution in [0.3, 0.4) is 0 Å². The molecule has 10 aromatic rings. The van der Waals surface area contributed by atoms with E-state index in [4.69, 9.17) is 0 Å². The number of benzene rings is 7. The Morgan fingerprint density at radius 3 is 1.11 bits per heavy atom. The van der Waals surface area contributed by atoms with Gasteiger partial charge in [0.2, 0.25) is 0 Å². The predicted octanol–water partition coefficient (Wildman–Crippen LogP) is 13.3. The van der Waals surface area contributed by atoms with Crippen molar-refractivity contribution in [2.45, 2.75) is 105 Å². The highest BCUT2D eigenvalue weighted by Gasteiger charge is 2.43. The number of nitrogens with zero attached hydrogens (tertiary/aromatic N) is 3. The number of fused-ring (bicyclic) bond motifs is 13. The van der Waals surface area contributed by atoms with Gasteiger partial charge in [-0.3, -0.25) is 0 Å². The predicted molar refractivity (Wildman–Crippen MR) is 269 cm³/mol. The molecular formula is C58H56BN3. The van der Waals surface area contributed by atoms with Crippen molar-refractivity contribution in [3.8, 4) is 17.1 Å². The van der Waals surface area contributed by atoms with Crippen LogP contribution in [-0.4, -0.2) is 20.4 Å². The quantitative estimate of drug-likeness (QED) is 0.147. The zero-order valence-corrected chi connectivity index (χ0v) is 38.5. The van der Waals surface area contributed by atoms with Gasteiger partial charge < -0.3 is 13.7 Å². The van der Waals surface area contributed by atoms with Gasteiger partial charge in [0.15, 0.2) is 0 Å². The van der Waals surface area contributed by atoms with Crippen molar-refractivity contribution in [1.82, 2.24) is 13.7 Å². The summed E-state index contributed by atoms with van der Waals surface area (Å²) in [5.41, 5.74) is 21.1. The molecule has 62 heavy (non-hydrogen) atoms. The minimum atomic E-state index is -0.0419. The van der Waals surface area contributed by atoms with Gasteiger partial charge >= 0.3 is 0 Å². The van der Waals surface area contributed by atoms with Crippen molar-refractivity contribution in [3.05, 3.63) is 144 Å². The molecule has 0 saturated heterocycles. The Labute approximate surface area is 366 Å². The Morgan fingerprint density at radius 2 is 0.710 bits per heavy atom. The van der Waals surface area contributed by atoms with Gasteiger partial charge in [0.25, 0.3) is 6.71 Å². The van der Waals surface area contributed by atoms with Crippen LogP contribution in [0.2, 0.25) is 0 Å². The zero-order chi connectivity index (χ0) is 43.2. The molecule has 306 valence electrons. The minimum Gasteiger partial charge on any atom is -0.310 e. The first-order valence-corrected chi connectivity index (χ1v) is 22.7. The first-order valence-electron chi connectivity index (χ1n) is 22.7. The Balaban J connectivity index is 1.33. The first kappa shape index (κ1) is 37.7.